The molecule has 25 heavy (non-hydrogen) atoms. The zero-order valence-corrected chi connectivity index (χ0v) is 14.2. The van der Waals surface area contributed by atoms with E-state index in [2.05, 4.69) is 16.9 Å². The van der Waals surface area contributed by atoms with Crippen molar-refractivity contribution >= 4 is 16.9 Å². The standard InChI is InChI=1S/C20H21N3O2/c1-3-11-21-20(24)13-23-18-10-5-4-9-17(18)22-19(23)14-25-16-8-6-7-15(2)12-16/h3-10,12H,1,11,13-14H2,2H3,(H,21,24). The number of imidazole rings is 1. The number of amides is 1. The van der Waals surface area contributed by atoms with E-state index in [1.807, 2.05) is 60.0 Å². The first-order valence-electron chi connectivity index (χ1n) is 8.18. The van der Waals surface area contributed by atoms with Gasteiger partial charge in [-0.25, -0.2) is 4.98 Å². The summed E-state index contributed by atoms with van der Waals surface area (Å²) < 4.78 is 7.77. The maximum absolute atomic E-state index is 12.1. The van der Waals surface area contributed by atoms with Gasteiger partial charge in [0.1, 0.15) is 24.7 Å². The maximum Gasteiger partial charge on any atom is 0.240 e. The van der Waals surface area contributed by atoms with Crippen LogP contribution in [0.2, 0.25) is 0 Å². The van der Waals surface area contributed by atoms with Crippen LogP contribution in [0, 0.1) is 6.92 Å². The third kappa shape index (κ3) is 4.07. The van der Waals surface area contributed by atoms with E-state index in [0.29, 0.717) is 13.2 Å². The zero-order valence-electron chi connectivity index (χ0n) is 14.2. The fourth-order valence-corrected chi connectivity index (χ4v) is 2.65. The van der Waals surface area contributed by atoms with Crippen molar-refractivity contribution in [2.75, 3.05) is 6.54 Å². The largest absolute Gasteiger partial charge is 0.486 e. The van der Waals surface area contributed by atoms with Gasteiger partial charge >= 0.3 is 0 Å². The molecule has 2 aromatic carbocycles. The molecule has 0 unspecified atom stereocenters. The van der Waals surface area contributed by atoms with E-state index in [9.17, 15) is 4.79 Å². The second-order valence-electron chi connectivity index (χ2n) is 5.80. The molecule has 0 atom stereocenters. The quantitative estimate of drug-likeness (QED) is 0.675. The summed E-state index contributed by atoms with van der Waals surface area (Å²) in [4.78, 5) is 16.8. The predicted octanol–water partition coefficient (Wildman–Crippen LogP) is 3.23. The first-order valence-corrected chi connectivity index (χ1v) is 8.18. The van der Waals surface area contributed by atoms with Crippen LogP contribution >= 0.6 is 0 Å². The molecule has 0 aliphatic heterocycles. The van der Waals surface area contributed by atoms with Gasteiger partial charge in [-0.3, -0.25) is 4.79 Å². The molecule has 5 heteroatoms. The number of ether oxygens (including phenoxy) is 1. The number of nitrogens with zero attached hydrogens (tertiary/aromatic N) is 2. The summed E-state index contributed by atoms with van der Waals surface area (Å²) >= 11 is 0. The average Bonchev–Trinajstić information content (AvgIpc) is 2.96. The lowest BCUT2D eigenvalue weighted by Crippen LogP contribution is -2.28. The summed E-state index contributed by atoms with van der Waals surface area (Å²) in [5, 5.41) is 2.80. The fourth-order valence-electron chi connectivity index (χ4n) is 2.65. The zero-order chi connectivity index (χ0) is 17.6. The Labute approximate surface area is 146 Å². The van der Waals surface area contributed by atoms with Gasteiger partial charge in [-0.2, -0.15) is 0 Å². The number of benzene rings is 2. The lowest BCUT2D eigenvalue weighted by atomic mass is 10.2. The summed E-state index contributed by atoms with van der Waals surface area (Å²) in [6, 6.07) is 15.6. The van der Waals surface area contributed by atoms with E-state index < -0.39 is 0 Å². The first kappa shape index (κ1) is 16.8. The summed E-state index contributed by atoms with van der Waals surface area (Å²) in [6.45, 7) is 6.57. The molecule has 0 spiro atoms. The molecule has 1 heterocycles. The number of carbonyl (C=O) groups is 1. The molecule has 0 fully saturated rings. The number of hydrogen-bond donors (Lipinski definition) is 1. The third-order valence-corrected chi connectivity index (χ3v) is 3.84. The highest BCUT2D eigenvalue weighted by atomic mass is 16.5. The number of carbonyl (C=O) groups excluding carboxylic acids is 1. The Morgan fingerprint density at radius 1 is 1.28 bits per heavy atom. The molecule has 3 rings (SSSR count). The van der Waals surface area contributed by atoms with Crippen LogP contribution in [0.15, 0.2) is 61.2 Å². The van der Waals surface area contributed by atoms with Gasteiger partial charge in [0.05, 0.1) is 11.0 Å². The van der Waals surface area contributed by atoms with Crippen molar-refractivity contribution in [3.05, 3.63) is 72.6 Å². The van der Waals surface area contributed by atoms with E-state index in [1.54, 1.807) is 6.08 Å². The minimum Gasteiger partial charge on any atom is -0.486 e. The number of fused-ring (bicyclic) bond motifs is 1. The number of rotatable bonds is 7. The predicted molar refractivity (Wildman–Crippen MR) is 98.5 cm³/mol. The molecule has 0 radical (unpaired) electrons. The molecule has 1 amide bonds. The van der Waals surface area contributed by atoms with Crippen LogP contribution in [-0.4, -0.2) is 22.0 Å². The van der Waals surface area contributed by atoms with E-state index in [-0.39, 0.29) is 12.5 Å². The highest BCUT2D eigenvalue weighted by Gasteiger charge is 2.14. The average molecular weight is 335 g/mol. The minimum atomic E-state index is -0.0835. The maximum atomic E-state index is 12.1. The molecule has 128 valence electrons. The SMILES string of the molecule is C=CCNC(=O)Cn1c(COc2cccc(C)c2)nc2ccccc21. The van der Waals surface area contributed by atoms with Crippen LogP contribution in [-0.2, 0) is 17.9 Å². The third-order valence-electron chi connectivity index (χ3n) is 3.84. The second kappa shape index (κ2) is 7.66. The summed E-state index contributed by atoms with van der Waals surface area (Å²) in [5.41, 5.74) is 2.90. The van der Waals surface area contributed by atoms with Gasteiger partial charge in [0, 0.05) is 6.54 Å². The number of nitrogens with one attached hydrogen (secondary N) is 1. The fraction of sp³-hybridized carbons (Fsp3) is 0.200. The Morgan fingerprint density at radius 3 is 2.92 bits per heavy atom. The Balaban J connectivity index is 1.84. The highest BCUT2D eigenvalue weighted by Crippen LogP contribution is 2.19. The molecule has 0 aliphatic carbocycles. The first-order chi connectivity index (χ1) is 12.2. The van der Waals surface area contributed by atoms with Crippen molar-refractivity contribution in [2.24, 2.45) is 0 Å². The van der Waals surface area contributed by atoms with Crippen molar-refractivity contribution in [2.45, 2.75) is 20.1 Å². The number of hydrogen-bond acceptors (Lipinski definition) is 3. The van der Waals surface area contributed by atoms with Crippen LogP contribution in [0.1, 0.15) is 11.4 Å². The minimum absolute atomic E-state index is 0.0835. The van der Waals surface area contributed by atoms with Crippen LogP contribution in [0.4, 0.5) is 0 Å². The van der Waals surface area contributed by atoms with Crippen molar-refractivity contribution in [1.29, 1.82) is 0 Å². The van der Waals surface area contributed by atoms with Gasteiger partial charge < -0.3 is 14.6 Å². The molecule has 0 saturated heterocycles. The van der Waals surface area contributed by atoms with Gasteiger partial charge in [0.2, 0.25) is 5.91 Å². The van der Waals surface area contributed by atoms with Crippen molar-refractivity contribution < 1.29 is 9.53 Å². The topological polar surface area (TPSA) is 56.2 Å². The molecule has 0 aliphatic rings. The van der Waals surface area contributed by atoms with Gasteiger partial charge in [-0.15, -0.1) is 6.58 Å². The molecule has 5 nitrogen and oxygen atoms in total. The van der Waals surface area contributed by atoms with E-state index in [4.69, 9.17) is 4.74 Å². The monoisotopic (exact) mass is 335 g/mol. The molecule has 0 bridgehead atoms. The molecular weight excluding hydrogens is 314 g/mol. The summed E-state index contributed by atoms with van der Waals surface area (Å²) in [5.74, 6) is 1.42. The summed E-state index contributed by atoms with van der Waals surface area (Å²) in [7, 11) is 0. The van der Waals surface area contributed by atoms with E-state index in [0.717, 1.165) is 28.2 Å². The molecule has 3 aromatic rings. The van der Waals surface area contributed by atoms with Crippen LogP contribution in [0.3, 0.4) is 0 Å². The van der Waals surface area contributed by atoms with E-state index in [1.165, 1.54) is 0 Å². The van der Waals surface area contributed by atoms with Crippen molar-refractivity contribution in [3.8, 4) is 5.75 Å². The van der Waals surface area contributed by atoms with Gasteiger partial charge in [-0.05, 0) is 36.8 Å². The Morgan fingerprint density at radius 2 is 2.12 bits per heavy atom. The normalized spacial score (nSPS) is 10.6. The number of aryl methyl sites for hydroxylation is 1. The Hall–Kier alpha value is -3.08. The van der Waals surface area contributed by atoms with Crippen LogP contribution in [0.5, 0.6) is 5.75 Å². The highest BCUT2D eigenvalue weighted by molar-refractivity contribution is 5.81. The van der Waals surface area contributed by atoms with E-state index >= 15 is 0 Å². The molecule has 0 saturated carbocycles. The molecular formula is C20H21N3O2. The smallest absolute Gasteiger partial charge is 0.240 e. The Bertz CT molecular complexity index is 899. The second-order valence-corrected chi connectivity index (χ2v) is 5.80. The lowest BCUT2D eigenvalue weighted by molar-refractivity contribution is -0.121. The van der Waals surface area contributed by atoms with Gasteiger partial charge in [-0.1, -0.05) is 30.3 Å². The van der Waals surface area contributed by atoms with Crippen LogP contribution in [0.25, 0.3) is 11.0 Å². The molecule has 1 aromatic heterocycles. The van der Waals surface area contributed by atoms with Crippen molar-refractivity contribution in [3.63, 3.8) is 0 Å². The Kier molecular flexibility index (Phi) is 5.14. The molecule has 1 N–H and O–H groups in total. The lowest BCUT2D eigenvalue weighted by Gasteiger charge is -2.11. The summed E-state index contributed by atoms with van der Waals surface area (Å²) in [6.07, 6.45) is 1.66. The number of aromatic nitrogens is 2. The number of para-hydroxylation sites is 2. The van der Waals surface area contributed by atoms with Crippen LogP contribution < -0.4 is 10.1 Å². The van der Waals surface area contributed by atoms with Crippen molar-refractivity contribution in [1.82, 2.24) is 14.9 Å². The van der Waals surface area contributed by atoms with Gasteiger partial charge in [0.25, 0.3) is 0 Å². The van der Waals surface area contributed by atoms with Gasteiger partial charge in [0.15, 0.2) is 0 Å².